The van der Waals surface area contributed by atoms with E-state index < -0.39 is 48.3 Å². The van der Waals surface area contributed by atoms with Gasteiger partial charge >= 0.3 is 0 Å². The molecule has 0 saturated carbocycles. The maximum Gasteiger partial charge on any atom is 0.254 e. The molecule has 0 radical (unpaired) electrons. The summed E-state index contributed by atoms with van der Waals surface area (Å²) in [6.45, 7) is 1.98. The van der Waals surface area contributed by atoms with Gasteiger partial charge in [-0.05, 0) is 25.4 Å². The number of carbonyl (C=O) groups is 1. The van der Waals surface area contributed by atoms with E-state index in [0.29, 0.717) is 13.0 Å². The molecule has 3 nitrogen and oxygen atoms in total. The minimum Gasteiger partial charge on any atom is -0.391 e. The van der Waals surface area contributed by atoms with Crippen LogP contribution in [0.3, 0.4) is 0 Å². The zero-order valence-corrected chi connectivity index (χ0v) is 8.37. The van der Waals surface area contributed by atoms with Crippen molar-refractivity contribution in [3.63, 3.8) is 0 Å². The minimum absolute atomic E-state index is 0.309. The average Bonchev–Trinajstić information content (AvgIpc) is 2.74. The predicted octanol–water partition coefficient (Wildman–Crippen LogP) is 1.28. The largest absolute Gasteiger partial charge is 0.391 e. The second-order valence-corrected chi connectivity index (χ2v) is 3.60. The highest BCUT2D eigenvalue weighted by molar-refractivity contribution is 5.94. The molecule has 1 saturated heterocycles. The standard InChI is InChI=1S/C12H15NO2/c1-9-11(14)7-8-13(9)12(15)10-5-3-2-4-6-10/h2-6,9,11,14H,7-8H2,1H3/t9-,11+/m0/s1/i2D,3D,4D,5D,6D. The molecular formula is C12H15NO2. The van der Waals surface area contributed by atoms with Gasteiger partial charge in [0.1, 0.15) is 0 Å². The first-order valence-electron chi connectivity index (χ1n) is 7.33. The molecule has 1 aliphatic heterocycles. The molecule has 0 bridgehead atoms. The number of rotatable bonds is 1. The van der Waals surface area contributed by atoms with Gasteiger partial charge in [0.15, 0.2) is 0 Å². The van der Waals surface area contributed by atoms with Gasteiger partial charge in [0, 0.05) is 12.1 Å². The number of hydrogen-bond donors (Lipinski definition) is 1. The van der Waals surface area contributed by atoms with Crippen molar-refractivity contribution in [3.05, 3.63) is 35.8 Å². The Balaban J connectivity index is 2.51. The molecule has 3 heteroatoms. The van der Waals surface area contributed by atoms with E-state index in [1.54, 1.807) is 6.92 Å². The summed E-state index contributed by atoms with van der Waals surface area (Å²) in [5.41, 5.74) is -0.336. The molecule has 80 valence electrons. The summed E-state index contributed by atoms with van der Waals surface area (Å²) in [6, 6.07) is -3.01. The second-order valence-electron chi connectivity index (χ2n) is 3.60. The lowest BCUT2D eigenvalue weighted by molar-refractivity contribution is 0.0667. The topological polar surface area (TPSA) is 40.5 Å². The molecule has 1 aliphatic rings. The van der Waals surface area contributed by atoms with E-state index in [4.69, 9.17) is 6.85 Å². The third-order valence-electron chi connectivity index (χ3n) is 2.69. The number of nitrogens with zero attached hydrogens (tertiary/aromatic N) is 1. The maximum atomic E-state index is 12.4. The van der Waals surface area contributed by atoms with Crippen molar-refractivity contribution in [1.82, 2.24) is 4.90 Å². The lowest BCUT2D eigenvalue weighted by Gasteiger charge is -2.22. The molecule has 1 aromatic rings. The summed E-state index contributed by atoms with van der Waals surface area (Å²) < 4.78 is 38.1. The Morgan fingerprint density at radius 3 is 2.73 bits per heavy atom. The number of aliphatic hydroxyl groups excluding tert-OH is 1. The summed E-state index contributed by atoms with van der Waals surface area (Å²) in [4.78, 5) is 13.8. The van der Waals surface area contributed by atoms with Crippen molar-refractivity contribution in [1.29, 1.82) is 0 Å². The first-order chi connectivity index (χ1) is 9.27. The highest BCUT2D eigenvalue weighted by atomic mass is 16.3. The van der Waals surface area contributed by atoms with Crippen LogP contribution in [0.1, 0.15) is 30.6 Å². The van der Waals surface area contributed by atoms with Crippen molar-refractivity contribution < 1.29 is 16.8 Å². The molecule has 2 atom stereocenters. The Bertz CT molecular complexity index is 548. The number of aliphatic hydroxyl groups is 1. The number of hydrogen-bond acceptors (Lipinski definition) is 2. The molecule has 1 aromatic carbocycles. The van der Waals surface area contributed by atoms with Gasteiger partial charge in [0.25, 0.3) is 5.91 Å². The summed E-state index contributed by atoms with van der Waals surface area (Å²) in [5.74, 6) is -0.633. The lowest BCUT2D eigenvalue weighted by Crippen LogP contribution is -2.37. The Kier molecular flexibility index (Phi) is 1.52. The Hall–Kier alpha value is -1.35. The monoisotopic (exact) mass is 210 g/mol. The molecule has 0 aromatic heterocycles. The Labute approximate surface area is 96.4 Å². The number of benzene rings is 1. The van der Waals surface area contributed by atoms with Gasteiger partial charge in [-0.1, -0.05) is 18.1 Å². The fourth-order valence-corrected chi connectivity index (χ4v) is 1.71. The second kappa shape index (κ2) is 4.03. The molecular weight excluding hydrogens is 190 g/mol. The minimum atomic E-state index is -0.649. The zero-order chi connectivity index (χ0) is 15.2. The molecule has 0 aliphatic carbocycles. The summed E-state index contributed by atoms with van der Waals surface area (Å²) in [5, 5.41) is 9.66. The van der Waals surface area contributed by atoms with E-state index in [9.17, 15) is 9.90 Å². The molecule has 15 heavy (non-hydrogen) atoms. The van der Waals surface area contributed by atoms with Crippen molar-refractivity contribution in [2.75, 3.05) is 6.54 Å². The van der Waals surface area contributed by atoms with Crippen LogP contribution in [0, 0.1) is 0 Å². The van der Waals surface area contributed by atoms with Gasteiger partial charge in [-0.15, -0.1) is 0 Å². The van der Waals surface area contributed by atoms with Gasteiger partial charge in [-0.3, -0.25) is 4.79 Å². The third kappa shape index (κ3) is 1.88. The van der Waals surface area contributed by atoms with Gasteiger partial charge in [-0.2, -0.15) is 0 Å². The van der Waals surface area contributed by atoms with E-state index in [1.807, 2.05) is 0 Å². The van der Waals surface area contributed by atoms with Crippen molar-refractivity contribution in [2.45, 2.75) is 25.5 Å². The van der Waals surface area contributed by atoms with E-state index in [0.717, 1.165) is 0 Å². The normalized spacial score (nSPS) is 30.3. The molecule has 1 fully saturated rings. The number of likely N-dealkylation sites (tertiary alicyclic amines) is 1. The van der Waals surface area contributed by atoms with Crippen molar-refractivity contribution in [2.24, 2.45) is 0 Å². The molecule has 0 spiro atoms. The van der Waals surface area contributed by atoms with Gasteiger partial charge in [0.2, 0.25) is 0 Å². The molecule has 1 heterocycles. The first-order valence-corrected chi connectivity index (χ1v) is 4.83. The highest BCUT2D eigenvalue weighted by Gasteiger charge is 2.32. The van der Waals surface area contributed by atoms with Crippen LogP contribution in [0.2, 0.25) is 0 Å². The quantitative estimate of drug-likeness (QED) is 0.758. The summed E-state index contributed by atoms with van der Waals surface area (Å²) >= 11 is 0. The lowest BCUT2D eigenvalue weighted by atomic mass is 10.1. The van der Waals surface area contributed by atoms with E-state index in [-0.39, 0.29) is 5.56 Å². The summed E-state index contributed by atoms with van der Waals surface area (Å²) in [6.07, 6.45) is -0.227. The Morgan fingerprint density at radius 2 is 2.20 bits per heavy atom. The molecule has 0 unspecified atom stereocenters. The first kappa shape index (κ1) is 5.66. The van der Waals surface area contributed by atoms with Crippen LogP contribution in [0.25, 0.3) is 0 Å². The van der Waals surface area contributed by atoms with E-state index >= 15 is 0 Å². The fourth-order valence-electron chi connectivity index (χ4n) is 1.71. The van der Waals surface area contributed by atoms with Crippen LogP contribution in [0.4, 0.5) is 0 Å². The molecule has 1 amide bonds. The van der Waals surface area contributed by atoms with Crippen LogP contribution >= 0.6 is 0 Å². The SMILES string of the molecule is [2H]c1c([2H])c([2H])c(C(=O)N2CC[C@@H](O)[C@@H]2C)c([2H])c1[2H]. The van der Waals surface area contributed by atoms with Crippen LogP contribution in [0.5, 0.6) is 0 Å². The van der Waals surface area contributed by atoms with Gasteiger partial charge in [-0.25, -0.2) is 0 Å². The zero-order valence-electron chi connectivity index (χ0n) is 13.4. The summed E-state index contributed by atoms with van der Waals surface area (Å²) in [7, 11) is 0. The van der Waals surface area contributed by atoms with Gasteiger partial charge in [0.05, 0.1) is 19.0 Å². The highest BCUT2D eigenvalue weighted by Crippen LogP contribution is 2.19. The van der Waals surface area contributed by atoms with Crippen LogP contribution < -0.4 is 0 Å². The van der Waals surface area contributed by atoms with E-state index in [2.05, 4.69) is 0 Å². The smallest absolute Gasteiger partial charge is 0.254 e. The van der Waals surface area contributed by atoms with Crippen LogP contribution in [0.15, 0.2) is 30.2 Å². The maximum absolute atomic E-state index is 12.4. The van der Waals surface area contributed by atoms with Gasteiger partial charge < -0.3 is 10.0 Å². The molecule has 2 rings (SSSR count). The predicted molar refractivity (Wildman–Crippen MR) is 57.6 cm³/mol. The van der Waals surface area contributed by atoms with Crippen molar-refractivity contribution >= 4 is 5.91 Å². The van der Waals surface area contributed by atoms with E-state index in [1.165, 1.54) is 4.90 Å². The van der Waals surface area contributed by atoms with Crippen LogP contribution in [-0.4, -0.2) is 34.6 Å². The average molecular weight is 210 g/mol. The fraction of sp³-hybridized carbons (Fsp3) is 0.417. The Morgan fingerprint density at radius 1 is 1.53 bits per heavy atom. The van der Waals surface area contributed by atoms with Crippen molar-refractivity contribution in [3.8, 4) is 0 Å². The number of carbonyl (C=O) groups excluding carboxylic acids is 1. The third-order valence-corrected chi connectivity index (χ3v) is 2.69. The molecule has 1 N–H and O–H groups in total. The van der Waals surface area contributed by atoms with Crippen LogP contribution in [-0.2, 0) is 0 Å². The number of amides is 1.